The Labute approximate surface area is 281 Å². The molecule has 0 aliphatic heterocycles. The van der Waals surface area contributed by atoms with Crippen molar-refractivity contribution in [2.75, 3.05) is 45.6 Å². The molecule has 0 radical (unpaired) electrons. The van der Waals surface area contributed by atoms with Gasteiger partial charge in [0.1, 0.15) is 0 Å². The van der Waals surface area contributed by atoms with Gasteiger partial charge in [-0.3, -0.25) is 0 Å². The maximum Gasteiger partial charge on any atom is 1.00 e. The second-order valence-corrected chi connectivity index (χ2v) is 13.3. The van der Waals surface area contributed by atoms with Crippen LogP contribution in [0.4, 0.5) is 74.6 Å². The van der Waals surface area contributed by atoms with E-state index in [9.17, 15) is 101 Å². The molecule has 10 nitrogen and oxygen atoms in total. The number of aliphatic hydroxyl groups excluding tert-OH is 2. The molecule has 2 unspecified atom stereocenters. The van der Waals surface area contributed by atoms with Crippen molar-refractivity contribution in [3.63, 3.8) is 0 Å². The molecule has 0 rings (SSSR count). The van der Waals surface area contributed by atoms with E-state index < -0.39 is 120 Å². The van der Waals surface area contributed by atoms with E-state index in [1.54, 1.807) is 0 Å². The first-order chi connectivity index (χ1) is 19.8. The third-order valence-electron chi connectivity index (χ3n) is 5.91. The van der Waals surface area contributed by atoms with Crippen molar-refractivity contribution in [1.82, 2.24) is 4.31 Å². The van der Waals surface area contributed by atoms with Crippen LogP contribution in [-0.2, 0) is 20.1 Å². The largest absolute Gasteiger partial charge is 1.00 e. The molecule has 0 aromatic heterocycles. The van der Waals surface area contributed by atoms with Gasteiger partial charge in [0, 0.05) is 26.6 Å². The van der Waals surface area contributed by atoms with Crippen molar-refractivity contribution in [1.29, 1.82) is 0 Å². The van der Waals surface area contributed by atoms with Gasteiger partial charge in [-0.15, -0.1) is 7.05 Å². The summed E-state index contributed by atoms with van der Waals surface area (Å²) in [5.74, 6) is -55.0. The van der Waals surface area contributed by atoms with Gasteiger partial charge in [0.15, 0.2) is 0 Å². The van der Waals surface area contributed by atoms with Crippen LogP contribution in [0.15, 0.2) is 0 Å². The van der Waals surface area contributed by atoms with Gasteiger partial charge in [-0.25, -0.2) is 16.8 Å². The van der Waals surface area contributed by atoms with Gasteiger partial charge in [0.25, 0.3) is 10.0 Å². The summed E-state index contributed by atoms with van der Waals surface area (Å²) in [6, 6.07) is 0. The molecule has 48 heavy (non-hydrogen) atoms. The van der Waals surface area contributed by atoms with Gasteiger partial charge in [-0.2, -0.15) is 78.9 Å². The fraction of sp³-hybridized carbons (Fsp3) is 0.944. The monoisotopic (exact) mass is 805 g/mol. The maximum absolute atomic E-state index is 14.7. The Bertz CT molecular complexity index is 1280. The number of hydrogen-bond donors (Lipinski definition) is 2. The fourth-order valence-corrected chi connectivity index (χ4v) is 5.38. The first-order valence-electron chi connectivity index (χ1n) is 11.4. The van der Waals surface area contributed by atoms with Crippen LogP contribution in [-0.4, -0.2) is 145 Å². The molecule has 30 heteroatoms. The molecule has 0 saturated carbocycles. The van der Waals surface area contributed by atoms with Crippen molar-refractivity contribution in [2.24, 2.45) is 0 Å². The summed E-state index contributed by atoms with van der Waals surface area (Å²) in [6.07, 6.45) is -12.0. The van der Waals surface area contributed by atoms with Crippen LogP contribution in [0.25, 0.3) is 0 Å². The van der Waals surface area contributed by atoms with Gasteiger partial charge >= 0.3 is 76.5 Å². The standard InChI is InChI=1S/C18H23F17N2O7S2.Na.H2O/c1-37(2,6-7-38)5-3-4-36(8-10(39)9-45(40,41)42)46(43,44)18(34,35)16(29,30)14(25,26)12(21,22)11(19,20)13(23,24)15(27,28)17(31,32)33;;/h10,38-39H,1,3-9H2,2H3,(H,40,41,42);;1H2/q;+1;/p-2. The first-order valence-corrected chi connectivity index (χ1v) is 14.4. The Morgan fingerprint density at radius 3 is 1.42 bits per heavy atom. The van der Waals surface area contributed by atoms with E-state index >= 15 is 0 Å². The topological polar surface area (TPSA) is 165 Å². The quantitative estimate of drug-likeness (QED) is 0.0640. The molecule has 0 aromatic rings. The van der Waals surface area contributed by atoms with E-state index in [-0.39, 0.29) is 41.6 Å². The number of likely N-dealkylation sites (N-methyl/N-ethyl adjacent to an activating group) is 1. The predicted octanol–water partition coefficient (Wildman–Crippen LogP) is -0.0610. The summed E-state index contributed by atoms with van der Waals surface area (Å²) >= 11 is 0. The summed E-state index contributed by atoms with van der Waals surface area (Å²) in [5.41, 5.74) is 0. The molecule has 0 aliphatic rings. The van der Waals surface area contributed by atoms with Crippen LogP contribution < -0.4 is 29.6 Å². The first kappa shape index (κ1) is 51.8. The van der Waals surface area contributed by atoms with E-state index in [0.29, 0.717) is 0 Å². The minimum Gasteiger partial charge on any atom is -0.870 e. The summed E-state index contributed by atoms with van der Waals surface area (Å²) in [5, 5.41) is 10.5. The minimum absolute atomic E-state index is 0. The molecule has 0 bridgehead atoms. The molecule has 0 fully saturated rings. The average Bonchev–Trinajstić information content (AvgIpc) is 2.80. The van der Waals surface area contributed by atoms with E-state index in [1.807, 2.05) is 0 Å². The second kappa shape index (κ2) is 15.6. The molecule has 0 spiro atoms. The number of aliphatic hydroxyl groups is 2. The zero-order valence-electron chi connectivity index (χ0n) is 23.8. The second-order valence-electron chi connectivity index (χ2n) is 9.85. The molecule has 3 N–H and O–H groups in total. The van der Waals surface area contributed by atoms with Gasteiger partial charge in [0.05, 0.1) is 41.7 Å². The van der Waals surface area contributed by atoms with E-state index in [1.165, 1.54) is 0 Å². The zero-order valence-corrected chi connectivity index (χ0v) is 27.4. The summed E-state index contributed by atoms with van der Waals surface area (Å²) in [6.45, 7) is -5.61. The normalized spacial score (nSPS) is 17.0. The number of quaternary nitrogens is 1. The number of rotatable bonds is 18. The molecule has 0 aromatic carbocycles. The van der Waals surface area contributed by atoms with Crippen LogP contribution in [0.3, 0.4) is 0 Å². The molecule has 0 heterocycles. The van der Waals surface area contributed by atoms with Crippen molar-refractivity contribution < 1.29 is 146 Å². The Kier molecular flexibility index (Phi) is 16.9. The van der Waals surface area contributed by atoms with Crippen molar-refractivity contribution >= 4 is 20.1 Å². The minimum atomic E-state index is -9.06. The Balaban J connectivity index is -0.0000101. The zero-order chi connectivity index (χ0) is 37.6. The molecule has 286 valence electrons. The Morgan fingerprint density at radius 2 is 1.08 bits per heavy atom. The molecular weight excluding hydrogens is 782 g/mol. The van der Waals surface area contributed by atoms with Crippen LogP contribution in [0, 0.1) is 7.05 Å². The smallest absolute Gasteiger partial charge is 0.870 e. The van der Waals surface area contributed by atoms with E-state index in [0.717, 1.165) is 7.05 Å². The van der Waals surface area contributed by atoms with Crippen LogP contribution in [0.2, 0.25) is 0 Å². The number of sulfonamides is 1. The van der Waals surface area contributed by atoms with Crippen LogP contribution in [0.5, 0.6) is 0 Å². The molecular formula is C18H23F17N2NaO8S2-. The summed E-state index contributed by atoms with van der Waals surface area (Å²) in [4.78, 5) is 0. The SMILES string of the molecule is [CH2-][N+](C)(CCO)CCCN(CC(O)CS(=O)(=O)[O-])S(=O)(=O)C(F)(F)C(F)(F)C(F)(F)C(F)(F)C(F)(F)C(F)(F)C(F)(F)C(F)(F)F.[Na+].[OH-]. The van der Waals surface area contributed by atoms with Crippen molar-refractivity contribution in [3.05, 3.63) is 7.05 Å². The molecule has 0 aliphatic carbocycles. The Morgan fingerprint density at radius 1 is 0.729 bits per heavy atom. The maximum atomic E-state index is 14.7. The number of hydrogen-bond acceptors (Lipinski definition) is 8. The van der Waals surface area contributed by atoms with Crippen LogP contribution >= 0.6 is 0 Å². The molecule has 0 saturated heterocycles. The number of nitrogens with zero attached hydrogens (tertiary/aromatic N) is 2. The molecule has 0 amide bonds. The predicted molar refractivity (Wildman–Crippen MR) is 117 cm³/mol. The van der Waals surface area contributed by atoms with Gasteiger partial charge in [-0.1, -0.05) is 0 Å². The van der Waals surface area contributed by atoms with E-state index in [4.69, 9.17) is 5.11 Å². The Hall–Kier alpha value is -0.530. The van der Waals surface area contributed by atoms with Crippen molar-refractivity contribution in [2.45, 2.75) is 59.5 Å². The van der Waals surface area contributed by atoms with Gasteiger partial charge in [0.2, 0.25) is 0 Å². The van der Waals surface area contributed by atoms with E-state index in [2.05, 4.69) is 7.05 Å². The third kappa shape index (κ3) is 9.46. The van der Waals surface area contributed by atoms with Crippen LogP contribution in [0.1, 0.15) is 6.42 Å². The summed E-state index contributed by atoms with van der Waals surface area (Å²) < 4.78 is 286. The number of alkyl halides is 17. The third-order valence-corrected chi connectivity index (χ3v) is 8.62. The average molecular weight is 805 g/mol. The van der Waals surface area contributed by atoms with Crippen molar-refractivity contribution in [3.8, 4) is 0 Å². The van der Waals surface area contributed by atoms with Gasteiger partial charge in [-0.05, 0) is 0 Å². The molecule has 2 atom stereocenters. The number of halogens is 17. The summed E-state index contributed by atoms with van der Waals surface area (Å²) in [7, 11) is -9.00. The van der Waals surface area contributed by atoms with Gasteiger partial charge < -0.3 is 24.7 Å². The fourth-order valence-electron chi connectivity index (χ4n) is 3.29.